The molecule has 0 saturated heterocycles. The Morgan fingerprint density at radius 1 is 1.17 bits per heavy atom. The molecule has 0 bridgehead atoms. The van der Waals surface area contributed by atoms with Crippen molar-refractivity contribution in [1.29, 1.82) is 0 Å². The van der Waals surface area contributed by atoms with E-state index in [9.17, 15) is 4.79 Å². The fourth-order valence-electron chi connectivity index (χ4n) is 2.82. The van der Waals surface area contributed by atoms with E-state index in [0.29, 0.717) is 10.2 Å². The number of nitrogens with one attached hydrogen (secondary N) is 1. The monoisotopic (exact) mass is 475 g/mol. The van der Waals surface area contributed by atoms with Gasteiger partial charge in [0.2, 0.25) is 5.91 Å². The summed E-state index contributed by atoms with van der Waals surface area (Å²) in [6, 6.07) is 9.55. The first kappa shape index (κ1) is 21.0. The van der Waals surface area contributed by atoms with Crippen LogP contribution in [0.5, 0.6) is 0 Å². The molecule has 154 valence electrons. The third kappa shape index (κ3) is 4.75. The Kier molecular flexibility index (Phi) is 6.52. The third-order valence-electron chi connectivity index (χ3n) is 4.24. The molecule has 0 atom stereocenters. The number of nitrogens with zero attached hydrogens (tertiary/aromatic N) is 4. The van der Waals surface area contributed by atoms with Crippen molar-refractivity contribution < 1.29 is 4.79 Å². The number of thiazole rings is 1. The van der Waals surface area contributed by atoms with E-state index < -0.39 is 0 Å². The fraction of sp³-hybridized carbons (Fsp3) is 0.200. The van der Waals surface area contributed by atoms with Crippen LogP contribution in [0.15, 0.2) is 46.2 Å². The van der Waals surface area contributed by atoms with E-state index in [4.69, 9.17) is 11.6 Å². The Labute approximate surface area is 191 Å². The fourth-order valence-corrected chi connectivity index (χ4v) is 5.17. The van der Waals surface area contributed by atoms with Crippen LogP contribution in [0.2, 0.25) is 5.02 Å². The van der Waals surface area contributed by atoms with Gasteiger partial charge in [0, 0.05) is 38.3 Å². The Hall–Kier alpha value is -2.20. The van der Waals surface area contributed by atoms with E-state index in [-0.39, 0.29) is 11.7 Å². The van der Waals surface area contributed by atoms with E-state index in [0.717, 1.165) is 34.3 Å². The number of aromatic nitrogens is 4. The molecular formula is C20H18ClN5OS3. The number of hydrogen-bond acceptors (Lipinski definition) is 7. The Balaban J connectivity index is 1.39. The van der Waals surface area contributed by atoms with Gasteiger partial charge in [-0.3, -0.25) is 4.79 Å². The highest BCUT2D eigenvalue weighted by Crippen LogP contribution is 2.28. The second-order valence-corrected chi connectivity index (χ2v) is 9.73. The zero-order valence-electron chi connectivity index (χ0n) is 16.3. The molecule has 0 fully saturated rings. The van der Waals surface area contributed by atoms with Gasteiger partial charge in [-0.1, -0.05) is 35.5 Å². The van der Waals surface area contributed by atoms with Crippen LogP contribution in [0.1, 0.15) is 11.8 Å². The number of carbonyl (C=O) groups excluding carboxylic acids is 1. The quantitative estimate of drug-likeness (QED) is 0.340. The second-order valence-electron chi connectivity index (χ2n) is 6.38. The number of aryl methyl sites for hydroxylation is 1. The van der Waals surface area contributed by atoms with Crippen LogP contribution < -0.4 is 5.32 Å². The molecule has 0 saturated carbocycles. The van der Waals surface area contributed by atoms with Gasteiger partial charge in [0.25, 0.3) is 0 Å². The largest absolute Gasteiger partial charge is 0.302 e. The van der Waals surface area contributed by atoms with Crippen molar-refractivity contribution in [3.63, 3.8) is 0 Å². The first-order valence-electron chi connectivity index (χ1n) is 9.16. The van der Waals surface area contributed by atoms with Crippen molar-refractivity contribution in [2.24, 2.45) is 0 Å². The van der Waals surface area contributed by atoms with E-state index in [1.807, 2.05) is 41.1 Å². The van der Waals surface area contributed by atoms with Crippen molar-refractivity contribution in [3.05, 3.63) is 51.0 Å². The van der Waals surface area contributed by atoms with Crippen LogP contribution in [0.3, 0.4) is 0 Å². The maximum absolute atomic E-state index is 12.4. The van der Waals surface area contributed by atoms with Crippen molar-refractivity contribution in [2.75, 3.05) is 11.1 Å². The first-order chi connectivity index (χ1) is 14.5. The number of benzene rings is 1. The maximum Gasteiger partial charge on any atom is 0.236 e. The minimum absolute atomic E-state index is 0.129. The van der Waals surface area contributed by atoms with Gasteiger partial charge in [0.1, 0.15) is 0 Å². The van der Waals surface area contributed by atoms with Crippen molar-refractivity contribution in [3.8, 4) is 22.6 Å². The minimum Gasteiger partial charge on any atom is -0.302 e. The SMILES string of the molecule is CCn1c(SCC(=O)Nc2nc(-c3ccc(Cl)cc3)cs2)nnc1-c1csc(C)c1. The summed E-state index contributed by atoms with van der Waals surface area (Å²) < 4.78 is 2.03. The molecule has 1 aromatic carbocycles. The number of rotatable bonds is 7. The van der Waals surface area contributed by atoms with Crippen LogP contribution in [0.25, 0.3) is 22.6 Å². The number of thioether (sulfide) groups is 1. The predicted molar refractivity (Wildman–Crippen MR) is 126 cm³/mol. The standard InChI is InChI=1S/C20H18ClN5OS3/c1-3-26-18(14-8-12(2)28-9-14)24-25-20(26)30-11-17(27)23-19-22-16(10-29-19)13-4-6-15(21)7-5-13/h4-10H,3,11H2,1-2H3,(H,22,23,27). The Morgan fingerprint density at radius 2 is 1.97 bits per heavy atom. The number of anilines is 1. The summed E-state index contributed by atoms with van der Waals surface area (Å²) >= 11 is 10.4. The first-order valence-corrected chi connectivity index (χ1v) is 12.3. The van der Waals surface area contributed by atoms with Crippen molar-refractivity contribution in [2.45, 2.75) is 25.5 Å². The van der Waals surface area contributed by atoms with E-state index in [1.165, 1.54) is 28.0 Å². The molecule has 0 aliphatic carbocycles. The lowest BCUT2D eigenvalue weighted by Gasteiger charge is -2.06. The lowest BCUT2D eigenvalue weighted by atomic mass is 10.2. The van der Waals surface area contributed by atoms with Crippen molar-refractivity contribution in [1.82, 2.24) is 19.7 Å². The summed E-state index contributed by atoms with van der Waals surface area (Å²) in [6.45, 7) is 4.85. The molecule has 1 amide bonds. The molecule has 6 nitrogen and oxygen atoms in total. The van der Waals surface area contributed by atoms with Gasteiger partial charge in [0.15, 0.2) is 16.1 Å². The number of halogens is 1. The van der Waals surface area contributed by atoms with Crippen molar-refractivity contribution >= 4 is 57.1 Å². The lowest BCUT2D eigenvalue weighted by Crippen LogP contribution is -2.14. The van der Waals surface area contributed by atoms with Crippen LogP contribution in [0.4, 0.5) is 5.13 Å². The summed E-state index contributed by atoms with van der Waals surface area (Å²) in [7, 11) is 0. The highest BCUT2D eigenvalue weighted by Gasteiger charge is 2.16. The van der Waals surface area contributed by atoms with Gasteiger partial charge in [-0.25, -0.2) is 4.98 Å². The highest BCUT2D eigenvalue weighted by atomic mass is 35.5. The maximum atomic E-state index is 12.4. The minimum atomic E-state index is -0.129. The Morgan fingerprint density at radius 3 is 2.67 bits per heavy atom. The van der Waals surface area contributed by atoms with Gasteiger partial charge in [0.05, 0.1) is 11.4 Å². The highest BCUT2D eigenvalue weighted by molar-refractivity contribution is 7.99. The molecule has 0 unspecified atom stereocenters. The average molecular weight is 476 g/mol. The Bertz CT molecular complexity index is 1170. The van der Waals surface area contributed by atoms with Gasteiger partial charge in [-0.2, -0.15) is 0 Å². The summed E-state index contributed by atoms with van der Waals surface area (Å²) in [4.78, 5) is 18.1. The van der Waals surface area contributed by atoms with Crippen LogP contribution >= 0.6 is 46.0 Å². The zero-order valence-corrected chi connectivity index (χ0v) is 19.5. The van der Waals surface area contributed by atoms with E-state index >= 15 is 0 Å². The van der Waals surface area contributed by atoms with Crippen LogP contribution in [-0.2, 0) is 11.3 Å². The molecule has 0 aliphatic heterocycles. The number of amides is 1. The number of carbonyl (C=O) groups is 1. The second kappa shape index (κ2) is 9.30. The zero-order chi connectivity index (χ0) is 21.1. The average Bonchev–Trinajstić information content (AvgIpc) is 3.46. The van der Waals surface area contributed by atoms with Crippen LogP contribution in [-0.4, -0.2) is 31.4 Å². The summed E-state index contributed by atoms with van der Waals surface area (Å²) in [5.74, 6) is 0.935. The van der Waals surface area contributed by atoms with Gasteiger partial charge in [-0.05, 0) is 32.0 Å². The smallest absolute Gasteiger partial charge is 0.236 e. The predicted octanol–water partition coefficient (Wildman–Crippen LogP) is 5.84. The third-order valence-corrected chi connectivity index (χ3v) is 7.08. The van der Waals surface area contributed by atoms with E-state index in [2.05, 4.69) is 38.9 Å². The van der Waals surface area contributed by atoms with Gasteiger partial charge < -0.3 is 9.88 Å². The summed E-state index contributed by atoms with van der Waals surface area (Å²) in [5, 5.41) is 17.4. The molecule has 0 spiro atoms. The summed E-state index contributed by atoms with van der Waals surface area (Å²) in [6.07, 6.45) is 0. The van der Waals surface area contributed by atoms with Gasteiger partial charge in [-0.15, -0.1) is 32.9 Å². The molecule has 4 aromatic rings. The normalized spacial score (nSPS) is 11.0. The molecule has 1 N–H and O–H groups in total. The molecule has 30 heavy (non-hydrogen) atoms. The molecular weight excluding hydrogens is 458 g/mol. The molecule has 10 heteroatoms. The van der Waals surface area contributed by atoms with Gasteiger partial charge >= 0.3 is 0 Å². The topological polar surface area (TPSA) is 72.7 Å². The molecule has 0 aliphatic rings. The summed E-state index contributed by atoms with van der Waals surface area (Å²) in [5.41, 5.74) is 2.82. The molecule has 4 rings (SSSR count). The number of thiophene rings is 1. The molecule has 3 aromatic heterocycles. The molecule has 3 heterocycles. The molecule has 0 radical (unpaired) electrons. The lowest BCUT2D eigenvalue weighted by molar-refractivity contribution is -0.113. The van der Waals surface area contributed by atoms with Crippen LogP contribution in [0, 0.1) is 6.92 Å². The van der Waals surface area contributed by atoms with E-state index in [1.54, 1.807) is 11.3 Å². The number of hydrogen-bond donors (Lipinski definition) is 1.